The summed E-state index contributed by atoms with van der Waals surface area (Å²) in [5.41, 5.74) is -1.05. The number of hydrogen-bond donors (Lipinski definition) is 0. The van der Waals surface area contributed by atoms with E-state index in [4.69, 9.17) is 4.74 Å². The molecule has 2 aromatic carbocycles. The molecule has 0 radical (unpaired) electrons. The van der Waals surface area contributed by atoms with Crippen LogP contribution in [0.25, 0.3) is 11.3 Å². The Morgan fingerprint density at radius 1 is 1.00 bits per heavy atom. The number of ether oxygens (including phenoxy) is 1. The van der Waals surface area contributed by atoms with E-state index in [0.29, 0.717) is 0 Å². The number of carbonyl (C=O) groups excluding carboxylic acids is 1. The maximum absolute atomic E-state index is 14.3. The van der Waals surface area contributed by atoms with Crippen molar-refractivity contribution in [3.05, 3.63) is 65.2 Å². The third-order valence-electron chi connectivity index (χ3n) is 4.09. The van der Waals surface area contributed by atoms with Crippen LogP contribution in [-0.2, 0) is 19.4 Å². The Morgan fingerprint density at radius 3 is 2.23 bits per heavy atom. The Hall–Kier alpha value is -2.54. The first-order valence-corrected chi connectivity index (χ1v) is 9.64. The minimum Gasteiger partial charge on any atom is -0.478 e. The van der Waals surface area contributed by atoms with Crippen LogP contribution < -0.4 is 0 Å². The lowest BCUT2D eigenvalue weighted by atomic mass is 9.92. The van der Waals surface area contributed by atoms with Crippen molar-refractivity contribution in [3.63, 3.8) is 0 Å². The van der Waals surface area contributed by atoms with E-state index in [0.717, 1.165) is 18.4 Å². The average molecular weight is 378 g/mol. The molecule has 4 nitrogen and oxygen atoms in total. The normalized spacial score (nSPS) is 16.7. The summed E-state index contributed by atoms with van der Waals surface area (Å²) in [6.07, 6.45) is 0.897. The SMILES string of the molecule is CC1(C)OC(c2ccc(S(C)(=O)=O)c(F)c2)=C(c2ccccc2F)C1=O. The van der Waals surface area contributed by atoms with Crippen LogP contribution >= 0.6 is 0 Å². The van der Waals surface area contributed by atoms with Gasteiger partial charge < -0.3 is 4.74 Å². The van der Waals surface area contributed by atoms with E-state index in [1.165, 1.54) is 38.1 Å². The van der Waals surface area contributed by atoms with Crippen molar-refractivity contribution < 1.29 is 26.7 Å². The summed E-state index contributed by atoms with van der Waals surface area (Å²) in [6.45, 7) is 3.06. The Kier molecular flexibility index (Phi) is 4.23. The summed E-state index contributed by atoms with van der Waals surface area (Å²) >= 11 is 0. The second-order valence-electron chi connectivity index (χ2n) is 6.54. The van der Waals surface area contributed by atoms with Crippen molar-refractivity contribution in [3.8, 4) is 0 Å². The van der Waals surface area contributed by atoms with E-state index in [1.807, 2.05) is 0 Å². The number of ketones is 1. The number of rotatable bonds is 3. The number of sulfone groups is 1. The molecular weight excluding hydrogens is 362 g/mol. The van der Waals surface area contributed by atoms with Gasteiger partial charge >= 0.3 is 0 Å². The Bertz CT molecular complexity index is 1050. The molecular formula is C19H16F2O4S. The van der Waals surface area contributed by atoms with Gasteiger partial charge in [0, 0.05) is 17.4 Å². The molecule has 0 atom stereocenters. The Labute approximate surface area is 150 Å². The first-order chi connectivity index (χ1) is 12.0. The lowest BCUT2D eigenvalue weighted by Crippen LogP contribution is -2.29. The number of halogens is 2. The van der Waals surface area contributed by atoms with Gasteiger partial charge in [0.2, 0.25) is 5.78 Å². The summed E-state index contributed by atoms with van der Waals surface area (Å²) in [6, 6.07) is 9.14. The summed E-state index contributed by atoms with van der Waals surface area (Å²) in [7, 11) is -3.74. The van der Waals surface area contributed by atoms with Gasteiger partial charge in [-0.15, -0.1) is 0 Å². The molecule has 0 bridgehead atoms. The molecule has 1 aliphatic rings. The van der Waals surface area contributed by atoms with Crippen LogP contribution in [0.1, 0.15) is 25.0 Å². The molecule has 0 unspecified atom stereocenters. The molecule has 26 heavy (non-hydrogen) atoms. The fraction of sp³-hybridized carbons (Fsp3) is 0.211. The van der Waals surface area contributed by atoms with E-state index >= 15 is 0 Å². The standard InChI is InChI=1S/C19H16F2O4S/c1-19(2)18(22)16(12-6-4-5-7-13(12)20)17(25-19)11-8-9-15(14(21)10-11)26(3,23)24/h4-10H,1-3H3. The van der Waals surface area contributed by atoms with Gasteiger partial charge in [0.25, 0.3) is 0 Å². The van der Waals surface area contributed by atoms with Gasteiger partial charge in [0.1, 0.15) is 22.3 Å². The van der Waals surface area contributed by atoms with Crippen molar-refractivity contribution in [1.82, 2.24) is 0 Å². The van der Waals surface area contributed by atoms with Gasteiger partial charge in [0.05, 0.1) is 5.57 Å². The summed E-state index contributed by atoms with van der Waals surface area (Å²) in [5.74, 6) is -2.00. The fourth-order valence-electron chi connectivity index (χ4n) is 2.81. The minimum atomic E-state index is -3.74. The third-order valence-corrected chi connectivity index (χ3v) is 5.22. The third kappa shape index (κ3) is 3.03. The van der Waals surface area contributed by atoms with Crippen molar-refractivity contribution in [2.24, 2.45) is 0 Å². The topological polar surface area (TPSA) is 60.4 Å². The maximum atomic E-state index is 14.3. The number of hydrogen-bond acceptors (Lipinski definition) is 4. The smallest absolute Gasteiger partial charge is 0.210 e. The van der Waals surface area contributed by atoms with Gasteiger partial charge in [-0.1, -0.05) is 18.2 Å². The molecule has 0 aliphatic carbocycles. The van der Waals surface area contributed by atoms with Crippen molar-refractivity contribution in [2.45, 2.75) is 24.3 Å². The lowest BCUT2D eigenvalue weighted by Gasteiger charge is -2.18. The highest BCUT2D eigenvalue weighted by Crippen LogP contribution is 2.42. The number of carbonyl (C=O) groups is 1. The first-order valence-electron chi connectivity index (χ1n) is 7.75. The van der Waals surface area contributed by atoms with Gasteiger partial charge in [-0.3, -0.25) is 4.79 Å². The Balaban J connectivity index is 2.25. The summed E-state index contributed by atoms with van der Waals surface area (Å²) in [5, 5.41) is 0. The average Bonchev–Trinajstić information content (AvgIpc) is 2.77. The van der Waals surface area contributed by atoms with E-state index < -0.39 is 37.8 Å². The quantitative estimate of drug-likeness (QED) is 0.819. The van der Waals surface area contributed by atoms with Crippen LogP contribution in [0.3, 0.4) is 0 Å². The van der Waals surface area contributed by atoms with Crippen LogP contribution in [0.2, 0.25) is 0 Å². The van der Waals surface area contributed by atoms with E-state index in [2.05, 4.69) is 0 Å². The van der Waals surface area contributed by atoms with Gasteiger partial charge in [-0.05, 0) is 38.1 Å². The number of Topliss-reactive ketones (excluding diaryl/α,β-unsaturated/α-hetero) is 1. The molecule has 0 saturated heterocycles. The molecule has 1 aliphatic heterocycles. The number of benzene rings is 2. The lowest BCUT2D eigenvalue weighted by molar-refractivity contribution is -0.125. The molecule has 0 N–H and O–H groups in total. The second kappa shape index (κ2) is 6.02. The van der Waals surface area contributed by atoms with Gasteiger partial charge in [-0.25, -0.2) is 17.2 Å². The molecule has 0 spiro atoms. The van der Waals surface area contributed by atoms with E-state index in [1.54, 1.807) is 6.07 Å². The highest BCUT2D eigenvalue weighted by Gasteiger charge is 2.43. The van der Waals surface area contributed by atoms with Crippen LogP contribution in [0.4, 0.5) is 8.78 Å². The predicted octanol–water partition coefficient (Wildman–Crippen LogP) is 3.61. The monoisotopic (exact) mass is 378 g/mol. The molecule has 0 amide bonds. The summed E-state index contributed by atoms with van der Waals surface area (Å²) < 4.78 is 57.4. The zero-order valence-corrected chi connectivity index (χ0v) is 15.2. The largest absolute Gasteiger partial charge is 0.478 e. The minimum absolute atomic E-state index is 0.000365. The van der Waals surface area contributed by atoms with Crippen LogP contribution in [0, 0.1) is 11.6 Å². The molecule has 0 aromatic heterocycles. The molecule has 136 valence electrons. The highest BCUT2D eigenvalue weighted by atomic mass is 32.2. The van der Waals surface area contributed by atoms with Crippen LogP contribution in [-0.4, -0.2) is 26.1 Å². The molecule has 7 heteroatoms. The van der Waals surface area contributed by atoms with Crippen molar-refractivity contribution in [1.29, 1.82) is 0 Å². The maximum Gasteiger partial charge on any atom is 0.210 e. The fourth-order valence-corrected chi connectivity index (χ4v) is 3.54. The Morgan fingerprint density at radius 2 is 1.65 bits per heavy atom. The van der Waals surface area contributed by atoms with Gasteiger partial charge in [-0.2, -0.15) is 0 Å². The summed E-state index contributed by atoms with van der Waals surface area (Å²) in [4.78, 5) is 12.3. The zero-order valence-electron chi connectivity index (χ0n) is 14.3. The molecule has 2 aromatic rings. The second-order valence-corrected chi connectivity index (χ2v) is 8.53. The molecule has 0 saturated carbocycles. The van der Waals surface area contributed by atoms with Crippen molar-refractivity contribution in [2.75, 3.05) is 6.26 Å². The van der Waals surface area contributed by atoms with Crippen molar-refractivity contribution >= 4 is 27.0 Å². The van der Waals surface area contributed by atoms with Crippen LogP contribution in [0.15, 0.2) is 47.4 Å². The predicted molar refractivity (Wildman–Crippen MR) is 92.9 cm³/mol. The first kappa shape index (κ1) is 18.3. The highest BCUT2D eigenvalue weighted by molar-refractivity contribution is 7.90. The van der Waals surface area contributed by atoms with E-state index in [9.17, 15) is 22.0 Å². The van der Waals surface area contributed by atoms with E-state index in [-0.39, 0.29) is 22.5 Å². The molecule has 3 rings (SSSR count). The zero-order chi connectivity index (χ0) is 19.3. The van der Waals surface area contributed by atoms with Gasteiger partial charge in [0.15, 0.2) is 15.4 Å². The molecule has 1 heterocycles. The molecule has 0 fully saturated rings. The van der Waals surface area contributed by atoms with Crippen LogP contribution in [0.5, 0.6) is 0 Å².